The van der Waals surface area contributed by atoms with Crippen molar-refractivity contribution in [2.24, 2.45) is 5.92 Å². The molecule has 5 heteroatoms. The lowest BCUT2D eigenvalue weighted by Crippen LogP contribution is -2.39. The molecule has 4 nitrogen and oxygen atoms in total. The number of urea groups is 1. The van der Waals surface area contributed by atoms with Crippen molar-refractivity contribution in [3.8, 4) is 0 Å². The highest BCUT2D eigenvalue weighted by Crippen LogP contribution is 2.17. The fourth-order valence-electron chi connectivity index (χ4n) is 2.54. The number of benzene rings is 1. The summed E-state index contributed by atoms with van der Waals surface area (Å²) in [6.45, 7) is 1.29. The van der Waals surface area contributed by atoms with E-state index in [-0.39, 0.29) is 6.03 Å². The van der Waals surface area contributed by atoms with Crippen molar-refractivity contribution in [3.63, 3.8) is 0 Å². The lowest BCUT2D eigenvalue weighted by atomic mass is 9.94. The minimum atomic E-state index is -0.963. The van der Waals surface area contributed by atoms with Crippen molar-refractivity contribution < 1.29 is 9.00 Å². The Morgan fingerprint density at radius 1 is 1.32 bits per heavy atom. The summed E-state index contributed by atoms with van der Waals surface area (Å²) in [5.74, 6) is 0.557. The Balaban J connectivity index is 1.80. The van der Waals surface area contributed by atoms with Crippen LogP contribution in [0, 0.1) is 5.92 Å². The van der Waals surface area contributed by atoms with E-state index in [4.69, 9.17) is 0 Å². The van der Waals surface area contributed by atoms with Crippen molar-refractivity contribution in [2.45, 2.75) is 30.7 Å². The second-order valence-electron chi connectivity index (χ2n) is 5.79. The van der Waals surface area contributed by atoms with Crippen LogP contribution in [-0.2, 0) is 17.3 Å². The monoisotopic (exact) mass is 320 g/mol. The van der Waals surface area contributed by atoms with Gasteiger partial charge >= 0.3 is 6.03 Å². The second-order valence-corrected chi connectivity index (χ2v) is 7.17. The lowest BCUT2D eigenvalue weighted by molar-refractivity contribution is 0.204. The number of hydrogen-bond acceptors (Lipinski definition) is 2. The predicted molar refractivity (Wildman–Crippen MR) is 90.1 cm³/mol. The highest BCUT2D eigenvalue weighted by Gasteiger charge is 2.13. The maximum Gasteiger partial charge on any atom is 0.317 e. The first-order valence-corrected chi connectivity index (χ1v) is 9.18. The van der Waals surface area contributed by atoms with E-state index < -0.39 is 10.8 Å². The standard InChI is InChI=1S/C17H24N2O2S/c1-19(13-15-8-10-16(11-9-15)22(2)21)17(20)18-12-14-6-4-3-5-7-14/h3-4,8-11,14H,5-7,12-13H2,1-2H3,(H,18,20)/t14-,22+/m1/s1. The average molecular weight is 320 g/mol. The molecule has 0 unspecified atom stereocenters. The third-order valence-electron chi connectivity index (χ3n) is 3.94. The first kappa shape index (κ1) is 16.7. The fraction of sp³-hybridized carbons (Fsp3) is 0.471. The Morgan fingerprint density at radius 3 is 2.64 bits per heavy atom. The van der Waals surface area contributed by atoms with E-state index in [2.05, 4.69) is 17.5 Å². The number of allylic oxidation sites excluding steroid dienone is 2. The van der Waals surface area contributed by atoms with E-state index in [9.17, 15) is 9.00 Å². The quantitative estimate of drug-likeness (QED) is 0.848. The number of nitrogens with one attached hydrogen (secondary N) is 1. The molecule has 1 N–H and O–H groups in total. The van der Waals surface area contributed by atoms with E-state index >= 15 is 0 Å². The summed E-state index contributed by atoms with van der Waals surface area (Å²) in [7, 11) is 0.830. The van der Waals surface area contributed by atoms with E-state index in [1.165, 1.54) is 0 Å². The molecular weight excluding hydrogens is 296 g/mol. The van der Waals surface area contributed by atoms with Crippen molar-refractivity contribution in [1.29, 1.82) is 0 Å². The zero-order valence-corrected chi connectivity index (χ0v) is 14.1. The van der Waals surface area contributed by atoms with Crippen LogP contribution in [0.1, 0.15) is 24.8 Å². The minimum absolute atomic E-state index is 0.0438. The normalized spacial score (nSPS) is 18.7. The fourth-order valence-corrected chi connectivity index (χ4v) is 3.06. The maximum absolute atomic E-state index is 12.1. The van der Waals surface area contributed by atoms with Crippen LogP contribution >= 0.6 is 0 Å². The number of hydrogen-bond donors (Lipinski definition) is 1. The Kier molecular flexibility index (Phi) is 6.19. The highest BCUT2D eigenvalue weighted by atomic mass is 32.2. The molecule has 120 valence electrons. The van der Waals surface area contributed by atoms with Gasteiger partial charge in [-0.15, -0.1) is 0 Å². The zero-order valence-electron chi connectivity index (χ0n) is 13.2. The van der Waals surface area contributed by atoms with Crippen LogP contribution < -0.4 is 5.32 Å². The lowest BCUT2D eigenvalue weighted by Gasteiger charge is -2.22. The van der Waals surface area contributed by atoms with E-state index in [1.54, 1.807) is 18.2 Å². The predicted octanol–water partition coefficient (Wildman–Crippen LogP) is 2.92. The molecule has 2 rings (SSSR count). The molecule has 0 fully saturated rings. The van der Waals surface area contributed by atoms with Gasteiger partial charge in [-0.25, -0.2) is 4.79 Å². The van der Waals surface area contributed by atoms with Crippen LogP contribution in [0.5, 0.6) is 0 Å². The van der Waals surface area contributed by atoms with Crippen molar-refractivity contribution >= 4 is 16.8 Å². The molecular formula is C17H24N2O2S. The smallest absolute Gasteiger partial charge is 0.317 e. The molecule has 0 bridgehead atoms. The zero-order chi connectivity index (χ0) is 15.9. The molecule has 0 aliphatic heterocycles. The minimum Gasteiger partial charge on any atom is -0.338 e. The maximum atomic E-state index is 12.1. The van der Waals surface area contributed by atoms with Crippen molar-refractivity contribution in [2.75, 3.05) is 19.8 Å². The number of carbonyl (C=O) groups is 1. The van der Waals surface area contributed by atoms with Crippen LogP contribution in [0.15, 0.2) is 41.3 Å². The summed E-state index contributed by atoms with van der Waals surface area (Å²) in [5.41, 5.74) is 1.03. The van der Waals surface area contributed by atoms with Crippen LogP contribution in [-0.4, -0.2) is 35.0 Å². The van der Waals surface area contributed by atoms with E-state index in [1.807, 2.05) is 24.3 Å². The summed E-state index contributed by atoms with van der Waals surface area (Å²) in [6, 6.07) is 7.51. The third kappa shape index (κ3) is 4.98. The summed E-state index contributed by atoms with van der Waals surface area (Å²) in [4.78, 5) is 14.6. The molecule has 0 saturated carbocycles. The first-order valence-electron chi connectivity index (χ1n) is 7.62. The van der Waals surface area contributed by atoms with Crippen molar-refractivity contribution in [3.05, 3.63) is 42.0 Å². The van der Waals surface area contributed by atoms with Crippen LogP contribution in [0.2, 0.25) is 0 Å². The second kappa shape index (κ2) is 8.13. The molecule has 0 heterocycles. The van der Waals surface area contributed by atoms with Gasteiger partial charge in [0.1, 0.15) is 0 Å². The summed E-state index contributed by atoms with van der Waals surface area (Å²) < 4.78 is 11.4. The molecule has 1 aliphatic rings. The SMILES string of the molecule is CN(Cc1ccc([S@](C)=O)cc1)C(=O)NC[C@@H]1CC=CCC1. The molecule has 0 saturated heterocycles. The topological polar surface area (TPSA) is 49.4 Å². The van der Waals surface area contributed by atoms with E-state index in [0.717, 1.165) is 36.3 Å². The summed E-state index contributed by atoms with van der Waals surface area (Å²) in [6.07, 6.45) is 9.38. The molecule has 2 amide bonds. The summed E-state index contributed by atoms with van der Waals surface area (Å²) in [5, 5.41) is 3.01. The summed E-state index contributed by atoms with van der Waals surface area (Å²) >= 11 is 0. The molecule has 1 aromatic rings. The van der Waals surface area contributed by atoms with Gasteiger partial charge in [0.15, 0.2) is 0 Å². The molecule has 2 atom stereocenters. The van der Waals surface area contributed by atoms with Crippen molar-refractivity contribution in [1.82, 2.24) is 10.2 Å². The van der Waals surface area contributed by atoms with Gasteiger partial charge in [0, 0.05) is 42.1 Å². The Labute approximate surface area is 135 Å². The number of amides is 2. The van der Waals surface area contributed by atoms with Gasteiger partial charge < -0.3 is 10.2 Å². The highest BCUT2D eigenvalue weighted by molar-refractivity contribution is 7.84. The molecule has 0 radical (unpaired) electrons. The number of rotatable bonds is 5. The largest absolute Gasteiger partial charge is 0.338 e. The molecule has 22 heavy (non-hydrogen) atoms. The average Bonchev–Trinajstić information content (AvgIpc) is 2.54. The number of nitrogens with zero attached hydrogens (tertiary/aromatic N) is 1. The Hall–Kier alpha value is -1.62. The van der Waals surface area contributed by atoms with Gasteiger partial charge in [0.2, 0.25) is 0 Å². The van der Waals surface area contributed by atoms with Gasteiger partial charge in [-0.3, -0.25) is 4.21 Å². The van der Waals surface area contributed by atoms with Gasteiger partial charge in [0.05, 0.1) is 0 Å². The van der Waals surface area contributed by atoms with E-state index in [0.29, 0.717) is 12.5 Å². The van der Waals surface area contributed by atoms with Crippen LogP contribution in [0.3, 0.4) is 0 Å². The Bertz CT molecular complexity index is 554. The van der Waals surface area contributed by atoms with Gasteiger partial charge in [-0.05, 0) is 42.9 Å². The molecule has 0 aromatic heterocycles. The third-order valence-corrected chi connectivity index (χ3v) is 4.88. The van der Waals surface area contributed by atoms with Crippen LogP contribution in [0.25, 0.3) is 0 Å². The van der Waals surface area contributed by atoms with Crippen LogP contribution in [0.4, 0.5) is 4.79 Å². The van der Waals surface area contributed by atoms with Gasteiger partial charge in [0.25, 0.3) is 0 Å². The molecule has 0 spiro atoms. The molecule has 1 aliphatic carbocycles. The number of carbonyl (C=O) groups excluding carboxylic acids is 1. The van der Waals surface area contributed by atoms with Gasteiger partial charge in [-0.2, -0.15) is 0 Å². The first-order chi connectivity index (χ1) is 10.6. The molecule has 1 aromatic carbocycles. The van der Waals surface area contributed by atoms with Gasteiger partial charge in [-0.1, -0.05) is 24.3 Å². The Morgan fingerprint density at radius 2 is 2.05 bits per heavy atom.